The average Bonchev–Trinajstić information content (AvgIpc) is 2.39. The zero-order valence-electron chi connectivity index (χ0n) is 9.75. The molecule has 19 heavy (non-hydrogen) atoms. The first kappa shape index (κ1) is 11.7. The SMILES string of the molecule is O=c1cc(O)c2ccc(Cl)cc2n1-c1cccnc1. The summed E-state index contributed by atoms with van der Waals surface area (Å²) in [5, 5.41) is 10.9. The molecule has 0 saturated carbocycles. The first-order valence-electron chi connectivity index (χ1n) is 5.61. The van der Waals surface area contributed by atoms with E-state index in [2.05, 4.69) is 4.98 Å². The van der Waals surface area contributed by atoms with E-state index in [0.717, 1.165) is 0 Å². The van der Waals surface area contributed by atoms with Crippen molar-refractivity contribution in [3.8, 4) is 11.4 Å². The molecule has 0 atom stereocenters. The molecule has 0 bridgehead atoms. The molecule has 94 valence electrons. The molecule has 0 aliphatic carbocycles. The van der Waals surface area contributed by atoms with Gasteiger partial charge in [-0.25, -0.2) is 0 Å². The Bertz CT molecular complexity index is 813. The number of halogens is 1. The lowest BCUT2D eigenvalue weighted by atomic mass is 10.2. The second-order valence-electron chi connectivity index (χ2n) is 4.08. The van der Waals surface area contributed by atoms with Crippen molar-refractivity contribution in [2.75, 3.05) is 0 Å². The summed E-state index contributed by atoms with van der Waals surface area (Å²) in [6.45, 7) is 0. The van der Waals surface area contributed by atoms with Crippen molar-refractivity contribution in [3.05, 3.63) is 64.2 Å². The van der Waals surface area contributed by atoms with E-state index in [4.69, 9.17) is 11.6 Å². The Kier molecular flexibility index (Phi) is 2.72. The van der Waals surface area contributed by atoms with Crippen molar-refractivity contribution in [3.63, 3.8) is 0 Å². The Balaban J connectivity index is 2.48. The van der Waals surface area contributed by atoms with Crippen LogP contribution in [0.15, 0.2) is 53.6 Å². The van der Waals surface area contributed by atoms with Crippen LogP contribution in [0.4, 0.5) is 0 Å². The van der Waals surface area contributed by atoms with Crippen molar-refractivity contribution < 1.29 is 5.11 Å². The summed E-state index contributed by atoms with van der Waals surface area (Å²) in [5.41, 5.74) is 0.838. The summed E-state index contributed by atoms with van der Waals surface area (Å²) in [6, 6.07) is 9.69. The van der Waals surface area contributed by atoms with Gasteiger partial charge in [-0.2, -0.15) is 0 Å². The maximum absolute atomic E-state index is 12.1. The van der Waals surface area contributed by atoms with E-state index in [0.29, 0.717) is 21.6 Å². The highest BCUT2D eigenvalue weighted by atomic mass is 35.5. The topological polar surface area (TPSA) is 55.1 Å². The number of pyridine rings is 2. The minimum atomic E-state index is -0.333. The van der Waals surface area contributed by atoms with Crippen LogP contribution in [-0.4, -0.2) is 14.7 Å². The van der Waals surface area contributed by atoms with Crippen LogP contribution in [0, 0.1) is 0 Å². The molecule has 0 amide bonds. The molecule has 3 rings (SSSR count). The third-order valence-electron chi connectivity index (χ3n) is 2.86. The molecular weight excluding hydrogens is 264 g/mol. The molecule has 4 nitrogen and oxygen atoms in total. The van der Waals surface area contributed by atoms with Gasteiger partial charge in [-0.15, -0.1) is 0 Å². The minimum absolute atomic E-state index is 0.0585. The molecule has 0 unspecified atom stereocenters. The van der Waals surface area contributed by atoms with Gasteiger partial charge in [0.1, 0.15) is 5.75 Å². The molecule has 0 spiro atoms. The molecule has 0 aliphatic rings. The van der Waals surface area contributed by atoms with E-state index in [1.807, 2.05) is 0 Å². The number of nitrogens with zero attached hydrogens (tertiary/aromatic N) is 2. The third kappa shape index (κ3) is 1.96. The first-order valence-corrected chi connectivity index (χ1v) is 5.99. The summed E-state index contributed by atoms with van der Waals surface area (Å²) in [6.07, 6.45) is 3.21. The lowest BCUT2D eigenvalue weighted by molar-refractivity contribution is 0.480. The van der Waals surface area contributed by atoms with Crippen LogP contribution < -0.4 is 5.56 Å². The van der Waals surface area contributed by atoms with Crippen LogP contribution in [0.1, 0.15) is 0 Å². The van der Waals surface area contributed by atoms with Crippen LogP contribution in [0.2, 0.25) is 5.02 Å². The van der Waals surface area contributed by atoms with Crippen LogP contribution in [0.3, 0.4) is 0 Å². The minimum Gasteiger partial charge on any atom is -0.507 e. The lowest BCUT2D eigenvalue weighted by Crippen LogP contribution is -2.17. The van der Waals surface area contributed by atoms with E-state index >= 15 is 0 Å². The highest BCUT2D eigenvalue weighted by Crippen LogP contribution is 2.26. The van der Waals surface area contributed by atoms with Crippen LogP contribution >= 0.6 is 11.6 Å². The maximum Gasteiger partial charge on any atom is 0.259 e. The summed E-state index contributed by atoms with van der Waals surface area (Å²) < 4.78 is 1.47. The molecule has 1 N–H and O–H groups in total. The standard InChI is InChI=1S/C14H9ClN2O2/c15-9-3-4-11-12(6-9)17(14(19)7-13(11)18)10-2-1-5-16-8-10/h1-8,18H. The van der Waals surface area contributed by atoms with Gasteiger partial charge >= 0.3 is 0 Å². The van der Waals surface area contributed by atoms with E-state index in [-0.39, 0.29) is 11.3 Å². The third-order valence-corrected chi connectivity index (χ3v) is 3.10. The summed E-state index contributed by atoms with van der Waals surface area (Å²) in [4.78, 5) is 16.1. The number of benzene rings is 1. The van der Waals surface area contributed by atoms with Crippen molar-refractivity contribution in [1.29, 1.82) is 0 Å². The quantitative estimate of drug-likeness (QED) is 0.741. The molecule has 1 aromatic carbocycles. The van der Waals surface area contributed by atoms with E-state index in [1.54, 1.807) is 42.7 Å². The van der Waals surface area contributed by atoms with Gasteiger partial charge in [0.2, 0.25) is 0 Å². The van der Waals surface area contributed by atoms with Crippen molar-refractivity contribution >= 4 is 22.5 Å². The van der Waals surface area contributed by atoms with Gasteiger partial charge in [0.25, 0.3) is 5.56 Å². The number of rotatable bonds is 1. The molecule has 0 saturated heterocycles. The van der Waals surface area contributed by atoms with Gasteiger partial charge in [0.15, 0.2) is 0 Å². The predicted molar refractivity (Wildman–Crippen MR) is 74.0 cm³/mol. The second kappa shape index (κ2) is 4.40. The van der Waals surface area contributed by atoms with E-state index in [9.17, 15) is 9.90 Å². The molecule has 2 heterocycles. The molecule has 0 radical (unpaired) electrons. The highest BCUT2D eigenvalue weighted by Gasteiger charge is 2.10. The smallest absolute Gasteiger partial charge is 0.259 e. The Morgan fingerprint density at radius 2 is 2.05 bits per heavy atom. The van der Waals surface area contributed by atoms with E-state index in [1.165, 1.54) is 10.6 Å². The molecule has 2 aromatic heterocycles. The average molecular weight is 273 g/mol. The summed E-state index contributed by atoms with van der Waals surface area (Å²) in [5.74, 6) is -0.0585. The van der Waals surface area contributed by atoms with E-state index < -0.39 is 0 Å². The van der Waals surface area contributed by atoms with Crippen molar-refractivity contribution in [2.45, 2.75) is 0 Å². The summed E-state index contributed by atoms with van der Waals surface area (Å²) in [7, 11) is 0. The zero-order chi connectivity index (χ0) is 13.4. The van der Waals surface area contributed by atoms with Crippen LogP contribution in [-0.2, 0) is 0 Å². The van der Waals surface area contributed by atoms with Crippen molar-refractivity contribution in [1.82, 2.24) is 9.55 Å². The number of hydrogen-bond acceptors (Lipinski definition) is 3. The molecule has 3 aromatic rings. The van der Waals surface area contributed by atoms with Crippen LogP contribution in [0.5, 0.6) is 5.75 Å². The van der Waals surface area contributed by atoms with Gasteiger partial charge < -0.3 is 5.11 Å². The fourth-order valence-electron chi connectivity index (χ4n) is 2.04. The zero-order valence-corrected chi connectivity index (χ0v) is 10.5. The summed E-state index contributed by atoms with van der Waals surface area (Å²) >= 11 is 5.97. The molecule has 0 aliphatic heterocycles. The molecule has 0 fully saturated rings. The lowest BCUT2D eigenvalue weighted by Gasteiger charge is -2.11. The highest BCUT2D eigenvalue weighted by molar-refractivity contribution is 6.31. The number of fused-ring (bicyclic) bond motifs is 1. The Hall–Kier alpha value is -2.33. The van der Waals surface area contributed by atoms with Crippen LogP contribution in [0.25, 0.3) is 16.6 Å². The Morgan fingerprint density at radius 1 is 1.21 bits per heavy atom. The van der Waals surface area contributed by atoms with Gasteiger partial charge in [-0.1, -0.05) is 11.6 Å². The molecule has 5 heteroatoms. The fraction of sp³-hybridized carbons (Fsp3) is 0. The molecular formula is C14H9ClN2O2. The van der Waals surface area contributed by atoms with Gasteiger partial charge in [0, 0.05) is 22.7 Å². The second-order valence-corrected chi connectivity index (χ2v) is 4.51. The number of hydrogen-bond donors (Lipinski definition) is 1. The van der Waals surface area contributed by atoms with Crippen molar-refractivity contribution in [2.24, 2.45) is 0 Å². The van der Waals surface area contributed by atoms with Gasteiger partial charge in [-0.3, -0.25) is 14.3 Å². The number of aromatic nitrogens is 2. The fourth-order valence-corrected chi connectivity index (χ4v) is 2.20. The first-order chi connectivity index (χ1) is 9.16. The van der Waals surface area contributed by atoms with Gasteiger partial charge in [-0.05, 0) is 30.3 Å². The Labute approximate surface area is 113 Å². The monoisotopic (exact) mass is 272 g/mol. The normalized spacial score (nSPS) is 10.8. The maximum atomic E-state index is 12.1. The predicted octanol–water partition coefficient (Wildman–Crippen LogP) is 2.74. The Morgan fingerprint density at radius 3 is 2.79 bits per heavy atom. The number of aromatic hydroxyl groups is 1. The van der Waals surface area contributed by atoms with Gasteiger partial charge in [0.05, 0.1) is 17.4 Å². The largest absolute Gasteiger partial charge is 0.507 e.